The molecule has 4 nitrogen and oxygen atoms in total. The van der Waals surface area contributed by atoms with Crippen molar-refractivity contribution in [3.63, 3.8) is 0 Å². The molecule has 0 aromatic carbocycles. The zero-order valence-electron chi connectivity index (χ0n) is 9.92. The molecule has 0 radical (unpaired) electrons. The van der Waals surface area contributed by atoms with Crippen LogP contribution in [0.2, 0.25) is 0 Å². The van der Waals surface area contributed by atoms with Crippen LogP contribution in [0, 0.1) is 13.8 Å². The monoisotopic (exact) mass is 244 g/mol. The van der Waals surface area contributed by atoms with Crippen LogP contribution in [0.3, 0.4) is 0 Å². The lowest BCUT2D eigenvalue weighted by Gasteiger charge is -2.16. The van der Waals surface area contributed by atoms with Gasteiger partial charge in [0.05, 0.1) is 12.2 Å². The summed E-state index contributed by atoms with van der Waals surface area (Å²) in [6.07, 6.45) is 1.20. The van der Waals surface area contributed by atoms with E-state index in [2.05, 4.69) is 5.16 Å². The molecule has 0 unspecified atom stereocenters. The first-order chi connectivity index (χ1) is 7.56. The number of carbonyl (C=O) groups excluding carboxylic acids is 1. The first-order valence-electron chi connectivity index (χ1n) is 5.28. The van der Waals surface area contributed by atoms with E-state index in [-0.39, 0.29) is 5.91 Å². The zero-order chi connectivity index (χ0) is 12.1. The van der Waals surface area contributed by atoms with Crippen LogP contribution in [0.5, 0.6) is 0 Å². The number of halogens is 1. The van der Waals surface area contributed by atoms with E-state index in [0.29, 0.717) is 25.3 Å². The van der Waals surface area contributed by atoms with Crippen molar-refractivity contribution in [1.82, 2.24) is 10.1 Å². The summed E-state index contributed by atoms with van der Waals surface area (Å²) in [7, 11) is 1.78. The summed E-state index contributed by atoms with van der Waals surface area (Å²) in [6.45, 7) is 4.28. The molecule has 0 saturated carbocycles. The number of rotatable bonds is 5. The Morgan fingerprint density at radius 2 is 2.19 bits per heavy atom. The van der Waals surface area contributed by atoms with E-state index in [1.165, 1.54) is 0 Å². The Morgan fingerprint density at radius 3 is 2.69 bits per heavy atom. The average molecular weight is 245 g/mol. The Balaban J connectivity index is 2.57. The summed E-state index contributed by atoms with van der Waals surface area (Å²) in [4.78, 5) is 13.3. The second-order valence-corrected chi connectivity index (χ2v) is 4.22. The summed E-state index contributed by atoms with van der Waals surface area (Å²) in [5.74, 6) is 1.39. The Labute approximate surface area is 101 Å². The number of nitrogens with zero attached hydrogens (tertiary/aromatic N) is 2. The van der Waals surface area contributed by atoms with Crippen LogP contribution in [-0.4, -0.2) is 28.9 Å². The van der Waals surface area contributed by atoms with E-state index in [4.69, 9.17) is 16.1 Å². The van der Waals surface area contributed by atoms with Gasteiger partial charge in [0, 0.05) is 24.9 Å². The van der Waals surface area contributed by atoms with Gasteiger partial charge in [-0.15, -0.1) is 11.6 Å². The predicted molar refractivity (Wildman–Crippen MR) is 62.4 cm³/mol. The topological polar surface area (TPSA) is 46.3 Å². The van der Waals surface area contributed by atoms with Crippen molar-refractivity contribution < 1.29 is 9.32 Å². The summed E-state index contributed by atoms with van der Waals surface area (Å²) in [5, 5.41) is 3.86. The van der Waals surface area contributed by atoms with Gasteiger partial charge in [0.15, 0.2) is 0 Å². The number of amides is 1. The third-order valence-corrected chi connectivity index (χ3v) is 2.79. The second kappa shape index (κ2) is 5.89. The Morgan fingerprint density at radius 1 is 1.50 bits per heavy atom. The van der Waals surface area contributed by atoms with Gasteiger partial charge in [0.1, 0.15) is 5.76 Å². The van der Waals surface area contributed by atoms with E-state index >= 15 is 0 Å². The Hall–Kier alpha value is -1.03. The van der Waals surface area contributed by atoms with E-state index in [1.807, 2.05) is 13.8 Å². The van der Waals surface area contributed by atoms with Gasteiger partial charge in [-0.05, 0) is 20.3 Å². The highest BCUT2D eigenvalue weighted by Crippen LogP contribution is 2.14. The van der Waals surface area contributed by atoms with Gasteiger partial charge in [-0.25, -0.2) is 0 Å². The molecule has 1 heterocycles. The Kier molecular flexibility index (Phi) is 4.80. The van der Waals surface area contributed by atoms with E-state index < -0.39 is 0 Å². The number of aromatic nitrogens is 1. The highest BCUT2D eigenvalue weighted by Gasteiger charge is 2.14. The van der Waals surface area contributed by atoms with Gasteiger partial charge in [0.25, 0.3) is 0 Å². The van der Waals surface area contributed by atoms with Crippen molar-refractivity contribution in [2.24, 2.45) is 0 Å². The maximum atomic E-state index is 11.7. The molecule has 90 valence electrons. The lowest BCUT2D eigenvalue weighted by atomic mass is 10.2. The second-order valence-electron chi connectivity index (χ2n) is 3.85. The molecule has 0 aliphatic rings. The minimum atomic E-state index is 0.0978. The fourth-order valence-corrected chi connectivity index (χ4v) is 1.60. The molecule has 1 aromatic heterocycles. The van der Waals surface area contributed by atoms with Crippen LogP contribution in [0.1, 0.15) is 29.9 Å². The lowest BCUT2D eigenvalue weighted by Crippen LogP contribution is -2.26. The molecule has 5 heteroatoms. The number of hydrogen-bond acceptors (Lipinski definition) is 3. The zero-order valence-corrected chi connectivity index (χ0v) is 10.7. The summed E-state index contributed by atoms with van der Waals surface area (Å²) in [5.41, 5.74) is 1.83. The summed E-state index contributed by atoms with van der Waals surface area (Å²) in [6, 6.07) is 0. The third kappa shape index (κ3) is 3.23. The first kappa shape index (κ1) is 13.0. The van der Waals surface area contributed by atoms with Crippen molar-refractivity contribution in [2.45, 2.75) is 33.2 Å². The molecule has 0 aliphatic heterocycles. The van der Waals surface area contributed by atoms with Crippen molar-refractivity contribution in [1.29, 1.82) is 0 Å². The molecule has 0 fully saturated rings. The molecule has 0 saturated heterocycles. The van der Waals surface area contributed by atoms with Gasteiger partial charge < -0.3 is 9.42 Å². The lowest BCUT2D eigenvalue weighted by molar-refractivity contribution is -0.130. The van der Waals surface area contributed by atoms with Crippen LogP contribution in [0.25, 0.3) is 0 Å². The molecule has 1 aromatic rings. The molecule has 0 bridgehead atoms. The van der Waals surface area contributed by atoms with Crippen LogP contribution >= 0.6 is 11.6 Å². The number of carbonyl (C=O) groups is 1. The molecule has 0 spiro atoms. The van der Waals surface area contributed by atoms with Crippen LogP contribution in [0.4, 0.5) is 0 Å². The fourth-order valence-electron chi connectivity index (χ4n) is 1.46. The average Bonchev–Trinajstić information content (AvgIpc) is 2.57. The van der Waals surface area contributed by atoms with Gasteiger partial charge in [-0.3, -0.25) is 4.79 Å². The maximum absolute atomic E-state index is 11.7. The normalized spacial score (nSPS) is 10.5. The minimum Gasteiger partial charge on any atom is -0.361 e. The summed E-state index contributed by atoms with van der Waals surface area (Å²) < 4.78 is 5.05. The maximum Gasteiger partial charge on any atom is 0.222 e. The van der Waals surface area contributed by atoms with Gasteiger partial charge >= 0.3 is 0 Å². The molecule has 0 atom stereocenters. The minimum absolute atomic E-state index is 0.0978. The number of alkyl halides is 1. The quantitative estimate of drug-likeness (QED) is 0.747. The highest BCUT2D eigenvalue weighted by atomic mass is 35.5. The molecule has 0 N–H and O–H groups in total. The molecule has 0 aliphatic carbocycles. The van der Waals surface area contributed by atoms with Crippen molar-refractivity contribution in [2.75, 3.05) is 12.9 Å². The molecular formula is C11H17ClN2O2. The van der Waals surface area contributed by atoms with Gasteiger partial charge in [-0.1, -0.05) is 5.16 Å². The highest BCUT2D eigenvalue weighted by molar-refractivity contribution is 6.17. The van der Waals surface area contributed by atoms with Crippen molar-refractivity contribution >= 4 is 17.5 Å². The molecule has 16 heavy (non-hydrogen) atoms. The molecule has 1 rings (SSSR count). The van der Waals surface area contributed by atoms with E-state index in [0.717, 1.165) is 17.0 Å². The predicted octanol–water partition coefficient (Wildman–Crippen LogP) is 2.27. The van der Waals surface area contributed by atoms with Crippen LogP contribution in [-0.2, 0) is 11.3 Å². The van der Waals surface area contributed by atoms with Gasteiger partial charge in [-0.2, -0.15) is 0 Å². The molecule has 1 amide bonds. The fraction of sp³-hybridized carbons (Fsp3) is 0.636. The van der Waals surface area contributed by atoms with E-state index in [1.54, 1.807) is 11.9 Å². The first-order valence-corrected chi connectivity index (χ1v) is 5.81. The largest absolute Gasteiger partial charge is 0.361 e. The number of aryl methyl sites for hydroxylation is 2. The standard InChI is InChI=1S/C11H17ClN2O2/c1-8-10(9(2)16-13-8)7-14(3)11(15)5-4-6-12/h4-7H2,1-3H3. The smallest absolute Gasteiger partial charge is 0.222 e. The van der Waals surface area contributed by atoms with Crippen LogP contribution in [0.15, 0.2) is 4.52 Å². The van der Waals surface area contributed by atoms with Crippen LogP contribution < -0.4 is 0 Å². The van der Waals surface area contributed by atoms with Crippen molar-refractivity contribution in [3.8, 4) is 0 Å². The Bertz CT molecular complexity index is 343. The third-order valence-electron chi connectivity index (χ3n) is 2.53. The van der Waals surface area contributed by atoms with Crippen molar-refractivity contribution in [3.05, 3.63) is 17.0 Å². The van der Waals surface area contributed by atoms with Gasteiger partial charge in [0.2, 0.25) is 5.91 Å². The van der Waals surface area contributed by atoms with E-state index in [9.17, 15) is 4.79 Å². The number of hydrogen-bond donors (Lipinski definition) is 0. The summed E-state index contributed by atoms with van der Waals surface area (Å²) >= 11 is 5.55. The molecular weight excluding hydrogens is 228 g/mol. The SMILES string of the molecule is Cc1noc(C)c1CN(C)C(=O)CCCCl.